The van der Waals surface area contributed by atoms with E-state index in [1.165, 1.54) is 18.2 Å². The number of hydrogen-bond acceptors (Lipinski definition) is 5. The van der Waals surface area contributed by atoms with Gasteiger partial charge in [-0.1, -0.05) is 0 Å². The van der Waals surface area contributed by atoms with Crippen molar-refractivity contribution in [3.8, 4) is 0 Å². The number of benzene rings is 1. The predicted octanol–water partition coefficient (Wildman–Crippen LogP) is 1.32. The Hall–Kier alpha value is -1.19. The summed E-state index contributed by atoms with van der Waals surface area (Å²) in [5, 5.41) is 13.4. The number of halogens is 1. The molecular weight excluding hydrogens is 326 g/mol. The molecule has 0 spiro atoms. The summed E-state index contributed by atoms with van der Waals surface area (Å²) in [6.45, 7) is 0.300. The quantitative estimate of drug-likeness (QED) is 0.602. The van der Waals surface area contributed by atoms with Gasteiger partial charge in [-0.15, -0.1) is 0 Å². The van der Waals surface area contributed by atoms with Crippen molar-refractivity contribution >= 4 is 37.3 Å². The average molecular weight is 338 g/mol. The molecule has 0 atom stereocenters. The van der Waals surface area contributed by atoms with Gasteiger partial charge in [0.25, 0.3) is 5.69 Å². The molecule has 2 N–H and O–H groups in total. The fraction of sp³-hybridized carbons (Fsp3) is 0.333. The summed E-state index contributed by atoms with van der Waals surface area (Å²) in [4.78, 5) is 10.1. The van der Waals surface area contributed by atoms with Gasteiger partial charge in [-0.05, 0) is 35.1 Å². The van der Waals surface area contributed by atoms with Crippen LogP contribution in [0.2, 0.25) is 0 Å². The molecule has 0 saturated carbocycles. The van der Waals surface area contributed by atoms with E-state index in [1.54, 1.807) is 7.05 Å². The van der Waals surface area contributed by atoms with Gasteiger partial charge in [0.15, 0.2) is 0 Å². The van der Waals surface area contributed by atoms with Crippen LogP contribution in [0.3, 0.4) is 0 Å². The van der Waals surface area contributed by atoms with Gasteiger partial charge in [0, 0.05) is 12.6 Å². The number of hydrogen-bond donors (Lipinski definition) is 2. The van der Waals surface area contributed by atoms with E-state index in [0.29, 0.717) is 11.0 Å². The molecule has 0 aliphatic heterocycles. The Balaban J connectivity index is 2.92. The monoisotopic (exact) mass is 337 g/mol. The summed E-state index contributed by atoms with van der Waals surface area (Å²) in [6, 6.07) is 4.04. The first-order valence-corrected chi connectivity index (χ1v) is 7.39. The highest BCUT2D eigenvalue weighted by atomic mass is 79.9. The van der Waals surface area contributed by atoms with E-state index in [9.17, 15) is 18.5 Å². The number of nitro benzene ring substituents is 1. The fourth-order valence-electron chi connectivity index (χ4n) is 1.18. The molecule has 7 nitrogen and oxygen atoms in total. The third kappa shape index (κ3) is 4.24. The molecule has 0 unspecified atom stereocenters. The van der Waals surface area contributed by atoms with E-state index in [2.05, 4.69) is 26.0 Å². The molecule has 0 amide bonds. The zero-order chi connectivity index (χ0) is 13.8. The van der Waals surface area contributed by atoms with E-state index in [1.807, 2.05) is 0 Å². The molecule has 0 aliphatic rings. The molecule has 0 radical (unpaired) electrons. The van der Waals surface area contributed by atoms with Crippen LogP contribution in [-0.2, 0) is 10.0 Å². The van der Waals surface area contributed by atoms with Crippen molar-refractivity contribution in [3.63, 3.8) is 0 Å². The lowest BCUT2D eigenvalue weighted by Crippen LogP contribution is -2.24. The van der Waals surface area contributed by atoms with Crippen LogP contribution in [0.25, 0.3) is 0 Å². The molecule has 0 aromatic heterocycles. The molecule has 1 aromatic carbocycles. The van der Waals surface area contributed by atoms with Gasteiger partial charge in [0.05, 0.1) is 20.8 Å². The Bertz CT molecular complexity index is 547. The SMILES string of the molecule is CNCCS(=O)(=O)Nc1ccc(Br)c([N+](=O)[O-])c1. The number of rotatable bonds is 6. The van der Waals surface area contributed by atoms with Gasteiger partial charge in [0.1, 0.15) is 0 Å². The maximum Gasteiger partial charge on any atom is 0.285 e. The summed E-state index contributed by atoms with van der Waals surface area (Å²) >= 11 is 3.02. The second kappa shape index (κ2) is 6.12. The second-order valence-corrected chi connectivity index (χ2v) is 6.14. The van der Waals surface area contributed by atoms with E-state index >= 15 is 0 Å². The normalized spacial score (nSPS) is 11.2. The van der Waals surface area contributed by atoms with Crippen LogP contribution in [0.15, 0.2) is 22.7 Å². The number of nitrogens with one attached hydrogen (secondary N) is 2. The number of anilines is 1. The molecule has 100 valence electrons. The molecule has 18 heavy (non-hydrogen) atoms. The van der Waals surface area contributed by atoms with Crippen molar-refractivity contribution in [1.82, 2.24) is 5.32 Å². The zero-order valence-corrected chi connectivity index (χ0v) is 11.9. The minimum Gasteiger partial charge on any atom is -0.319 e. The molecule has 0 fully saturated rings. The first-order chi connectivity index (χ1) is 8.35. The van der Waals surface area contributed by atoms with E-state index in [0.717, 1.165) is 0 Å². The molecule has 1 rings (SSSR count). The highest BCUT2D eigenvalue weighted by Gasteiger charge is 2.15. The smallest absolute Gasteiger partial charge is 0.285 e. The lowest BCUT2D eigenvalue weighted by molar-refractivity contribution is -0.385. The van der Waals surface area contributed by atoms with Crippen LogP contribution < -0.4 is 10.0 Å². The number of nitro groups is 1. The summed E-state index contributed by atoms with van der Waals surface area (Å²) in [7, 11) is -1.86. The van der Waals surface area contributed by atoms with Crippen molar-refractivity contribution in [2.45, 2.75) is 0 Å². The lowest BCUT2D eigenvalue weighted by atomic mass is 10.3. The van der Waals surface area contributed by atoms with E-state index in [4.69, 9.17) is 0 Å². The summed E-state index contributed by atoms with van der Waals surface area (Å²) in [6.07, 6.45) is 0. The third-order valence-corrected chi connectivity index (χ3v) is 4.00. The summed E-state index contributed by atoms with van der Waals surface area (Å²) < 4.78 is 25.8. The van der Waals surface area contributed by atoms with Gasteiger partial charge in [0.2, 0.25) is 10.0 Å². The van der Waals surface area contributed by atoms with Crippen LogP contribution in [0.1, 0.15) is 0 Å². The van der Waals surface area contributed by atoms with Gasteiger partial charge in [-0.3, -0.25) is 14.8 Å². The highest BCUT2D eigenvalue weighted by Crippen LogP contribution is 2.28. The number of nitrogens with zero attached hydrogens (tertiary/aromatic N) is 1. The van der Waals surface area contributed by atoms with Crippen molar-refractivity contribution in [2.75, 3.05) is 24.1 Å². The summed E-state index contributed by atoms with van der Waals surface area (Å²) in [5.74, 6) is -0.104. The largest absolute Gasteiger partial charge is 0.319 e. The minimum atomic E-state index is -3.50. The van der Waals surface area contributed by atoms with Crippen molar-refractivity contribution in [1.29, 1.82) is 0 Å². The van der Waals surface area contributed by atoms with E-state index in [-0.39, 0.29) is 17.1 Å². The van der Waals surface area contributed by atoms with Crippen LogP contribution in [0, 0.1) is 10.1 Å². The first-order valence-electron chi connectivity index (χ1n) is 4.95. The lowest BCUT2D eigenvalue weighted by Gasteiger charge is -2.07. The van der Waals surface area contributed by atoms with E-state index < -0.39 is 14.9 Å². The molecule has 0 aliphatic carbocycles. The first kappa shape index (κ1) is 14.9. The standard InChI is InChI=1S/C9H12BrN3O4S/c1-11-4-5-18(16,17)12-7-2-3-8(10)9(6-7)13(14)15/h2-3,6,11-12H,4-5H2,1H3. The molecule has 0 heterocycles. The Morgan fingerprint density at radius 1 is 1.44 bits per heavy atom. The van der Waals surface area contributed by atoms with Crippen LogP contribution in [0.5, 0.6) is 0 Å². The maximum absolute atomic E-state index is 11.6. The second-order valence-electron chi connectivity index (χ2n) is 3.45. The Labute approximate surface area is 113 Å². The van der Waals surface area contributed by atoms with Crippen LogP contribution in [-0.4, -0.2) is 32.7 Å². The number of sulfonamides is 1. The van der Waals surface area contributed by atoms with Crippen LogP contribution in [0.4, 0.5) is 11.4 Å². The molecule has 0 saturated heterocycles. The Kier molecular flexibility index (Phi) is 5.05. The van der Waals surface area contributed by atoms with Crippen molar-refractivity contribution in [2.24, 2.45) is 0 Å². The van der Waals surface area contributed by atoms with Crippen molar-refractivity contribution < 1.29 is 13.3 Å². The Morgan fingerprint density at radius 2 is 2.11 bits per heavy atom. The fourth-order valence-corrected chi connectivity index (χ4v) is 2.64. The summed E-state index contributed by atoms with van der Waals surface area (Å²) in [5.41, 5.74) is -0.0233. The minimum absolute atomic E-state index is 0.104. The maximum atomic E-state index is 11.6. The van der Waals surface area contributed by atoms with Crippen LogP contribution >= 0.6 is 15.9 Å². The molecule has 0 bridgehead atoms. The third-order valence-electron chi connectivity index (χ3n) is 2.04. The Morgan fingerprint density at radius 3 is 2.67 bits per heavy atom. The van der Waals surface area contributed by atoms with Gasteiger partial charge in [-0.2, -0.15) is 0 Å². The highest BCUT2D eigenvalue weighted by molar-refractivity contribution is 9.10. The molecular formula is C9H12BrN3O4S. The molecule has 1 aromatic rings. The predicted molar refractivity (Wildman–Crippen MR) is 72.1 cm³/mol. The molecule has 9 heteroatoms. The van der Waals surface area contributed by atoms with Gasteiger partial charge < -0.3 is 5.32 Å². The van der Waals surface area contributed by atoms with Gasteiger partial charge in [-0.25, -0.2) is 8.42 Å². The average Bonchev–Trinajstić information content (AvgIpc) is 2.28. The van der Waals surface area contributed by atoms with Crippen molar-refractivity contribution in [3.05, 3.63) is 32.8 Å². The van der Waals surface area contributed by atoms with Gasteiger partial charge >= 0.3 is 0 Å². The zero-order valence-electron chi connectivity index (χ0n) is 9.51. The topological polar surface area (TPSA) is 101 Å².